The number of rotatable bonds is 8. The highest BCUT2D eigenvalue weighted by Crippen LogP contribution is 2.26. The molecule has 0 spiro atoms. The molecule has 0 heterocycles. The predicted octanol–water partition coefficient (Wildman–Crippen LogP) is 4.47. The van der Waals surface area contributed by atoms with Gasteiger partial charge >= 0.3 is 6.09 Å². The summed E-state index contributed by atoms with van der Waals surface area (Å²) in [4.78, 5) is 49.1. The number of nitrogens with zero attached hydrogens (tertiary/aromatic N) is 2. The van der Waals surface area contributed by atoms with Crippen LogP contribution in [0.3, 0.4) is 0 Å². The van der Waals surface area contributed by atoms with Crippen LogP contribution in [0.2, 0.25) is 0 Å². The first kappa shape index (κ1) is 24.1. The summed E-state index contributed by atoms with van der Waals surface area (Å²) in [5.41, 5.74) is -0.509. The van der Waals surface area contributed by atoms with E-state index < -0.39 is 40.3 Å². The van der Waals surface area contributed by atoms with Gasteiger partial charge in [-0.25, -0.2) is 9.18 Å². The van der Waals surface area contributed by atoms with Gasteiger partial charge < -0.3 is 10.4 Å². The van der Waals surface area contributed by atoms with Crippen molar-refractivity contribution in [2.24, 2.45) is 0 Å². The Morgan fingerprint density at radius 2 is 1.68 bits per heavy atom. The molecule has 10 heteroatoms. The van der Waals surface area contributed by atoms with Gasteiger partial charge in [-0.1, -0.05) is 42.5 Å². The number of halogens is 1. The number of nitrogens with one attached hydrogen (secondary N) is 1. The van der Waals surface area contributed by atoms with E-state index in [1.54, 1.807) is 30.3 Å². The zero-order chi connectivity index (χ0) is 24.8. The lowest BCUT2D eigenvalue weighted by Gasteiger charge is -2.26. The molecule has 0 saturated heterocycles. The van der Waals surface area contributed by atoms with E-state index >= 15 is 0 Å². The van der Waals surface area contributed by atoms with Crippen LogP contribution in [0.1, 0.15) is 28.4 Å². The maximum Gasteiger partial charge on any atom is 0.408 e. The van der Waals surface area contributed by atoms with Gasteiger partial charge in [0.2, 0.25) is 5.91 Å². The molecule has 0 bridgehead atoms. The van der Waals surface area contributed by atoms with Gasteiger partial charge in [-0.05, 0) is 30.7 Å². The molecule has 3 aromatic carbocycles. The summed E-state index contributed by atoms with van der Waals surface area (Å²) in [6.45, 7) is 1.31. The Labute approximate surface area is 193 Å². The Bertz CT molecular complexity index is 1250. The molecule has 0 saturated carbocycles. The minimum Gasteiger partial charge on any atom is -0.465 e. The standard InChI is InChI=1S/C24H20FN3O6/c1-15(27(24(31)32)14-16-7-3-2-4-8-16)23(30)26-21-12-11-17(28(33)34)13-19(21)22(29)18-9-5-6-10-20(18)25/h2-13,15H,14H2,1H3,(H,26,30)(H,31,32)/t15-/m0/s1. The second-order valence-corrected chi connectivity index (χ2v) is 7.36. The molecular weight excluding hydrogens is 445 g/mol. The maximum atomic E-state index is 14.2. The van der Waals surface area contributed by atoms with Crippen molar-refractivity contribution in [1.82, 2.24) is 4.90 Å². The average molecular weight is 465 g/mol. The Morgan fingerprint density at radius 3 is 2.29 bits per heavy atom. The number of amides is 2. The first-order valence-electron chi connectivity index (χ1n) is 10.1. The van der Waals surface area contributed by atoms with Crippen LogP contribution in [0, 0.1) is 15.9 Å². The molecule has 9 nitrogen and oxygen atoms in total. The summed E-state index contributed by atoms with van der Waals surface area (Å²) in [5.74, 6) is -2.47. The molecule has 1 atom stereocenters. The molecule has 34 heavy (non-hydrogen) atoms. The summed E-state index contributed by atoms with van der Waals surface area (Å²) in [6.07, 6.45) is -1.34. The third kappa shape index (κ3) is 5.41. The average Bonchev–Trinajstić information content (AvgIpc) is 2.82. The maximum absolute atomic E-state index is 14.2. The van der Waals surface area contributed by atoms with Gasteiger partial charge in [-0.3, -0.25) is 24.6 Å². The second-order valence-electron chi connectivity index (χ2n) is 7.36. The Kier molecular flexibility index (Phi) is 7.32. The number of hydrogen-bond donors (Lipinski definition) is 2. The van der Waals surface area contributed by atoms with E-state index in [2.05, 4.69) is 5.32 Å². The van der Waals surface area contributed by atoms with Crippen LogP contribution >= 0.6 is 0 Å². The number of hydrogen-bond acceptors (Lipinski definition) is 5. The molecule has 0 unspecified atom stereocenters. The van der Waals surface area contributed by atoms with E-state index in [1.165, 1.54) is 25.1 Å². The minimum absolute atomic E-state index is 0.0635. The molecule has 3 rings (SSSR count). The van der Waals surface area contributed by atoms with E-state index in [0.29, 0.717) is 5.56 Å². The number of anilines is 1. The van der Waals surface area contributed by atoms with Crippen molar-refractivity contribution in [3.8, 4) is 0 Å². The van der Waals surface area contributed by atoms with Crippen molar-refractivity contribution < 1.29 is 28.8 Å². The highest BCUT2D eigenvalue weighted by Gasteiger charge is 2.28. The summed E-state index contributed by atoms with van der Waals surface area (Å²) in [7, 11) is 0. The van der Waals surface area contributed by atoms with Crippen LogP contribution < -0.4 is 5.32 Å². The van der Waals surface area contributed by atoms with Gasteiger partial charge in [0.25, 0.3) is 5.69 Å². The number of nitro groups is 1. The van der Waals surface area contributed by atoms with Gasteiger partial charge in [0.15, 0.2) is 5.78 Å². The number of carbonyl (C=O) groups excluding carboxylic acids is 2. The zero-order valence-electron chi connectivity index (χ0n) is 18.0. The Hall–Kier alpha value is -4.60. The summed E-state index contributed by atoms with van der Waals surface area (Å²) < 4.78 is 14.2. The van der Waals surface area contributed by atoms with Crippen molar-refractivity contribution in [2.45, 2.75) is 19.5 Å². The topological polar surface area (TPSA) is 130 Å². The number of carbonyl (C=O) groups is 3. The third-order valence-electron chi connectivity index (χ3n) is 5.12. The van der Waals surface area contributed by atoms with Crippen molar-refractivity contribution >= 4 is 29.2 Å². The van der Waals surface area contributed by atoms with E-state index in [1.807, 2.05) is 0 Å². The number of non-ortho nitro benzene ring substituents is 1. The van der Waals surface area contributed by atoms with E-state index in [9.17, 15) is 34.0 Å². The van der Waals surface area contributed by atoms with Crippen LogP contribution in [0.4, 0.5) is 20.6 Å². The van der Waals surface area contributed by atoms with Crippen molar-refractivity contribution in [1.29, 1.82) is 0 Å². The summed E-state index contributed by atoms with van der Waals surface area (Å²) in [6, 6.07) is 15.8. The molecule has 2 amide bonds. The van der Waals surface area contributed by atoms with Crippen LogP contribution in [-0.2, 0) is 11.3 Å². The quantitative estimate of drug-likeness (QED) is 0.287. The number of ketones is 1. The van der Waals surface area contributed by atoms with E-state index in [4.69, 9.17) is 0 Å². The van der Waals surface area contributed by atoms with Gasteiger partial charge in [0, 0.05) is 18.7 Å². The fourth-order valence-corrected chi connectivity index (χ4v) is 3.26. The molecule has 2 N–H and O–H groups in total. The molecule has 0 aromatic heterocycles. The van der Waals surface area contributed by atoms with Gasteiger partial charge in [0.1, 0.15) is 11.9 Å². The van der Waals surface area contributed by atoms with Crippen LogP contribution in [0.25, 0.3) is 0 Å². The summed E-state index contributed by atoms with van der Waals surface area (Å²) in [5, 5.41) is 23.3. The van der Waals surface area contributed by atoms with Gasteiger partial charge in [-0.15, -0.1) is 0 Å². The monoisotopic (exact) mass is 465 g/mol. The molecule has 0 aliphatic heterocycles. The number of carboxylic acid groups (broad SMARTS) is 1. The van der Waals surface area contributed by atoms with Crippen LogP contribution in [-0.4, -0.2) is 38.8 Å². The lowest BCUT2D eigenvalue weighted by atomic mass is 10.00. The second kappa shape index (κ2) is 10.3. The third-order valence-corrected chi connectivity index (χ3v) is 5.12. The first-order valence-corrected chi connectivity index (χ1v) is 10.1. The fourth-order valence-electron chi connectivity index (χ4n) is 3.26. The molecule has 0 radical (unpaired) electrons. The number of nitro benzene ring substituents is 1. The highest BCUT2D eigenvalue weighted by molar-refractivity contribution is 6.14. The van der Waals surface area contributed by atoms with Crippen molar-refractivity contribution in [3.63, 3.8) is 0 Å². The minimum atomic E-state index is -1.34. The lowest BCUT2D eigenvalue weighted by Crippen LogP contribution is -2.44. The molecular formula is C24H20FN3O6. The number of benzene rings is 3. The summed E-state index contributed by atoms with van der Waals surface area (Å²) >= 11 is 0. The smallest absolute Gasteiger partial charge is 0.408 e. The zero-order valence-corrected chi connectivity index (χ0v) is 18.0. The highest BCUT2D eigenvalue weighted by atomic mass is 19.1. The van der Waals surface area contributed by atoms with Crippen molar-refractivity contribution in [2.75, 3.05) is 5.32 Å². The molecule has 0 aliphatic carbocycles. The van der Waals surface area contributed by atoms with Gasteiger partial charge in [0.05, 0.1) is 21.7 Å². The van der Waals surface area contributed by atoms with Gasteiger partial charge in [-0.2, -0.15) is 0 Å². The Morgan fingerprint density at radius 1 is 1.03 bits per heavy atom. The molecule has 0 aliphatic rings. The Balaban J connectivity index is 1.92. The van der Waals surface area contributed by atoms with Crippen LogP contribution in [0.15, 0.2) is 72.8 Å². The molecule has 0 fully saturated rings. The van der Waals surface area contributed by atoms with E-state index in [-0.39, 0.29) is 23.4 Å². The van der Waals surface area contributed by atoms with Crippen LogP contribution in [0.5, 0.6) is 0 Å². The SMILES string of the molecule is C[C@@H](C(=O)Nc1ccc([N+](=O)[O-])cc1C(=O)c1ccccc1F)N(Cc1ccccc1)C(=O)O. The molecule has 3 aromatic rings. The predicted molar refractivity (Wildman–Crippen MR) is 121 cm³/mol. The molecule has 174 valence electrons. The van der Waals surface area contributed by atoms with Crippen molar-refractivity contribution in [3.05, 3.63) is 105 Å². The fraction of sp³-hybridized carbons (Fsp3) is 0.125. The lowest BCUT2D eigenvalue weighted by molar-refractivity contribution is -0.384. The first-order chi connectivity index (χ1) is 16.2. The normalized spacial score (nSPS) is 11.4. The largest absolute Gasteiger partial charge is 0.465 e. The van der Waals surface area contributed by atoms with E-state index in [0.717, 1.165) is 29.2 Å².